The van der Waals surface area contributed by atoms with Gasteiger partial charge in [-0.2, -0.15) is 13.2 Å². The van der Waals surface area contributed by atoms with E-state index in [1.807, 2.05) is 46.2 Å². The predicted molar refractivity (Wildman–Crippen MR) is 332 cm³/mol. The van der Waals surface area contributed by atoms with Gasteiger partial charge in [0, 0.05) is 81.3 Å². The SMILES string of the molecule is C=C(C)C(=O)N1CCN(c2ccc3c(c2)[Si](C)(C)C2=CC(=[N+]4CCN(C(=O)C(=C)C)CC4)C=CC2=C3c2ccc3c(CN(C)Cc4ccccc4B(O)O)c4ccccc4c(CN(C)Cc4ccccc4B(O)O)c3c2)CC1.O=C([O-])C(F)(F)F. The van der Waals surface area contributed by atoms with Gasteiger partial charge in [0.1, 0.15) is 14.0 Å². The Bertz CT molecular complexity index is 3770. The van der Waals surface area contributed by atoms with Crippen molar-refractivity contribution < 1.29 is 57.3 Å². The van der Waals surface area contributed by atoms with Gasteiger partial charge in [0.05, 0.1) is 13.1 Å². The number of hydrogen-bond acceptors (Lipinski definition) is 11. The second-order valence-corrected chi connectivity index (χ2v) is 27.4. The Morgan fingerprint density at radius 2 is 1.13 bits per heavy atom. The lowest BCUT2D eigenvalue weighted by Gasteiger charge is -2.40. The van der Waals surface area contributed by atoms with E-state index in [9.17, 15) is 42.9 Å². The number of allylic oxidation sites excluding steroid dienone is 5. The highest BCUT2D eigenvalue weighted by molar-refractivity contribution is 6.98. The van der Waals surface area contributed by atoms with Gasteiger partial charge in [-0.1, -0.05) is 117 Å². The number of rotatable bonds is 14. The number of hydrogen-bond donors (Lipinski definition) is 4. The summed E-state index contributed by atoms with van der Waals surface area (Å²) in [6.07, 6.45) is 1.85. The Morgan fingerprint density at radius 3 is 1.64 bits per heavy atom. The van der Waals surface area contributed by atoms with Gasteiger partial charge in [0.2, 0.25) is 11.8 Å². The summed E-state index contributed by atoms with van der Waals surface area (Å²) in [4.78, 5) is 45.4. The molecule has 1 aliphatic carbocycles. The Labute approximate surface area is 496 Å². The highest BCUT2D eigenvalue weighted by Crippen LogP contribution is 2.44. The van der Waals surface area contributed by atoms with Gasteiger partial charge in [0.15, 0.2) is 18.8 Å². The second-order valence-electron chi connectivity index (χ2n) is 23.1. The predicted octanol–water partition coefficient (Wildman–Crippen LogP) is 4.78. The lowest BCUT2D eigenvalue weighted by atomic mass is 9.77. The number of anilines is 1. The van der Waals surface area contributed by atoms with Gasteiger partial charge in [-0.15, -0.1) is 0 Å². The average molecular weight is 1170 g/mol. The number of carboxylic acids is 1. The molecule has 440 valence electrons. The third-order valence-electron chi connectivity index (χ3n) is 16.7. The van der Waals surface area contributed by atoms with E-state index < -0.39 is 34.5 Å². The number of nitrogens with zero attached hydrogens (tertiary/aromatic N) is 6. The number of amides is 2. The number of piperazine rings is 2. The minimum atomic E-state index is -5.19. The highest BCUT2D eigenvalue weighted by Gasteiger charge is 2.42. The van der Waals surface area contributed by atoms with Gasteiger partial charge in [0.25, 0.3) is 0 Å². The Hall–Kier alpha value is -7.68. The molecule has 6 aromatic carbocycles. The van der Waals surface area contributed by atoms with Gasteiger partial charge in [-0.25, -0.2) is 4.58 Å². The van der Waals surface area contributed by atoms with Crippen LogP contribution in [0.3, 0.4) is 0 Å². The normalized spacial score (nSPS) is 15.8. The maximum absolute atomic E-state index is 13.0. The molecule has 0 aromatic heterocycles. The maximum atomic E-state index is 13.0. The number of carbonyl (C=O) groups is 3. The number of carbonyl (C=O) groups excluding carboxylic acids is 3. The van der Waals surface area contributed by atoms with Crippen molar-refractivity contribution in [2.75, 3.05) is 71.4 Å². The molecule has 2 amide bonds. The monoisotopic (exact) mass is 1170 g/mol. The fourth-order valence-corrected chi connectivity index (χ4v) is 15.4. The molecule has 20 heteroatoms. The van der Waals surface area contributed by atoms with E-state index in [4.69, 9.17) is 9.90 Å². The Morgan fingerprint density at radius 1 is 0.647 bits per heavy atom. The molecular formula is C65H71B2F3N6O8Si. The minimum Gasteiger partial charge on any atom is -0.542 e. The number of aliphatic carboxylic acids is 1. The van der Waals surface area contributed by atoms with Crippen LogP contribution in [0.25, 0.3) is 27.1 Å². The van der Waals surface area contributed by atoms with Crippen LogP contribution in [-0.4, -0.2) is 163 Å². The number of benzene rings is 6. The number of fused-ring (bicyclic) bond motifs is 4. The Balaban J connectivity index is 0.00000116. The standard InChI is InChI=1S/C63H71B2N6O6Si.C2HF3O2/c1-42(2)62(72)70-31-27-68(28-32-70)47-22-25-52-59(36-47)78(7,8)60-37-48(69-29-33-71(34-30-69)63(73)43(3)4)23-26-53(60)61(52)44-21-24-51-54(35-44)56(41-67(6)39-46-16-10-14-20-58(46)65(76)77)50-18-12-11-17-49(50)55(51)40-66(5)38-45-15-9-13-19-57(45)64(74)75;3-2(4,5)1(6)7/h9-26,35-37,74-77H,1,3,27-34,38-41H2,2,4-8H3;(H,6,7)/q+1;/p-1. The molecule has 6 aromatic rings. The lowest BCUT2D eigenvalue weighted by molar-refractivity contribution is -0.536. The molecule has 0 saturated carbocycles. The fourth-order valence-electron chi connectivity index (χ4n) is 12.4. The van der Waals surface area contributed by atoms with Crippen LogP contribution in [0.1, 0.15) is 47.2 Å². The van der Waals surface area contributed by atoms with Crippen molar-refractivity contribution in [1.29, 1.82) is 0 Å². The summed E-state index contributed by atoms with van der Waals surface area (Å²) >= 11 is 0. The molecule has 3 heterocycles. The molecule has 0 spiro atoms. The van der Waals surface area contributed by atoms with E-state index in [-0.39, 0.29) is 11.8 Å². The van der Waals surface area contributed by atoms with E-state index in [1.165, 1.54) is 32.7 Å². The van der Waals surface area contributed by atoms with Gasteiger partial charge in [-0.3, -0.25) is 19.4 Å². The largest absolute Gasteiger partial charge is 0.542 e. The van der Waals surface area contributed by atoms with Gasteiger partial charge >= 0.3 is 20.4 Å². The van der Waals surface area contributed by atoms with Crippen molar-refractivity contribution in [3.63, 3.8) is 0 Å². The summed E-state index contributed by atoms with van der Waals surface area (Å²) in [6, 6.07) is 37.6. The first-order valence-corrected chi connectivity index (χ1v) is 31.4. The summed E-state index contributed by atoms with van der Waals surface area (Å²) in [5.74, 6) is -2.98. The zero-order valence-electron chi connectivity index (χ0n) is 48.9. The molecule has 4 aliphatic rings. The molecule has 2 fully saturated rings. The third-order valence-corrected chi connectivity index (χ3v) is 20.2. The summed E-state index contributed by atoms with van der Waals surface area (Å²) in [5.41, 5.74) is 13.2. The first kappa shape index (κ1) is 61.9. The second kappa shape index (κ2) is 25.5. The van der Waals surface area contributed by atoms with Crippen molar-refractivity contribution in [3.05, 3.63) is 196 Å². The fraction of sp³-hybridized carbons (Fsp3) is 0.292. The van der Waals surface area contributed by atoms with Gasteiger partial charge in [-0.05, 0) is 140 Å². The molecule has 3 aliphatic heterocycles. The van der Waals surface area contributed by atoms with E-state index in [0.29, 0.717) is 74.4 Å². The van der Waals surface area contributed by atoms with Crippen LogP contribution < -0.4 is 26.1 Å². The van der Waals surface area contributed by atoms with Crippen molar-refractivity contribution in [2.24, 2.45) is 0 Å². The van der Waals surface area contributed by atoms with Crippen LogP contribution in [0.2, 0.25) is 13.1 Å². The number of alkyl halides is 3. The zero-order chi connectivity index (χ0) is 61.2. The average Bonchev–Trinajstić information content (AvgIpc) is 0.838. The van der Waals surface area contributed by atoms with Crippen LogP contribution in [0, 0.1) is 0 Å². The first-order chi connectivity index (χ1) is 40.3. The topological polar surface area (TPSA) is 174 Å². The first-order valence-electron chi connectivity index (χ1n) is 28.4. The van der Waals surface area contributed by atoms with Crippen LogP contribution >= 0.6 is 0 Å². The maximum Gasteiger partial charge on any atom is 0.488 e. The molecule has 2 saturated heterocycles. The lowest BCUT2D eigenvalue weighted by Crippen LogP contribution is -2.51. The summed E-state index contributed by atoms with van der Waals surface area (Å²) < 4.78 is 34.0. The smallest absolute Gasteiger partial charge is 0.488 e. The van der Waals surface area contributed by atoms with E-state index in [1.54, 1.807) is 26.0 Å². The van der Waals surface area contributed by atoms with E-state index in [2.05, 4.69) is 139 Å². The van der Waals surface area contributed by atoms with Crippen molar-refractivity contribution in [1.82, 2.24) is 19.6 Å². The molecule has 0 atom stereocenters. The number of halogens is 3. The van der Waals surface area contributed by atoms with Crippen LogP contribution in [0.4, 0.5) is 18.9 Å². The molecule has 0 unspecified atom stereocenters. The summed E-state index contributed by atoms with van der Waals surface area (Å²) in [7, 11) is -1.45. The summed E-state index contributed by atoms with van der Waals surface area (Å²) in [6.45, 7) is 23.9. The molecule has 4 N–H and O–H groups in total. The van der Waals surface area contributed by atoms with Crippen molar-refractivity contribution >= 4 is 94.7 Å². The third kappa shape index (κ3) is 13.3. The zero-order valence-corrected chi connectivity index (χ0v) is 49.9. The Kier molecular flexibility index (Phi) is 18.6. The molecular weight excluding hydrogens is 1100 g/mol. The molecule has 0 radical (unpaired) electrons. The van der Waals surface area contributed by atoms with Crippen molar-refractivity contribution in [2.45, 2.75) is 59.3 Å². The quantitative estimate of drug-likeness (QED) is 0.0512. The molecule has 10 rings (SSSR count). The van der Waals surface area contributed by atoms with Crippen LogP contribution in [-0.2, 0) is 40.6 Å². The van der Waals surface area contributed by atoms with E-state index >= 15 is 0 Å². The number of carboxylic acid groups (broad SMARTS) is 1. The molecule has 85 heavy (non-hydrogen) atoms. The van der Waals surface area contributed by atoms with Crippen LogP contribution in [0.15, 0.2) is 162 Å². The highest BCUT2D eigenvalue weighted by atomic mass is 28.3. The van der Waals surface area contributed by atoms with Crippen LogP contribution in [0.5, 0.6) is 0 Å². The summed E-state index contributed by atoms with van der Waals surface area (Å²) in [5, 5.41) is 57.4. The molecule has 14 nitrogen and oxygen atoms in total. The minimum absolute atomic E-state index is 0.0119. The van der Waals surface area contributed by atoms with Gasteiger partial charge < -0.3 is 44.7 Å². The van der Waals surface area contributed by atoms with E-state index in [0.717, 1.165) is 81.4 Å². The molecule has 0 bridgehead atoms. The van der Waals surface area contributed by atoms with Crippen molar-refractivity contribution in [3.8, 4) is 0 Å².